The SMILES string of the molecule is C[C@@H](COc1cc(Br)cc(Br)c1)O[SiH](C)C. The first-order valence-electron chi connectivity index (χ1n) is 5.21. The number of ether oxygens (including phenoxy) is 1. The smallest absolute Gasteiger partial charge is 0.171 e. The number of hydrogen-bond donors (Lipinski definition) is 0. The number of benzene rings is 1. The van der Waals surface area contributed by atoms with Crippen molar-refractivity contribution in [2.24, 2.45) is 0 Å². The van der Waals surface area contributed by atoms with Gasteiger partial charge in [-0.05, 0) is 38.2 Å². The fraction of sp³-hybridized carbons (Fsp3) is 0.455. The normalized spacial score (nSPS) is 12.9. The molecule has 0 N–H and O–H groups in total. The summed E-state index contributed by atoms with van der Waals surface area (Å²) in [7, 11) is -0.972. The molecular formula is C11H16Br2O2Si. The van der Waals surface area contributed by atoms with Gasteiger partial charge in [0.2, 0.25) is 0 Å². The minimum Gasteiger partial charge on any atom is -0.491 e. The van der Waals surface area contributed by atoms with Crippen molar-refractivity contribution in [2.75, 3.05) is 6.61 Å². The van der Waals surface area contributed by atoms with E-state index in [1.165, 1.54) is 0 Å². The Morgan fingerprint density at radius 2 is 1.75 bits per heavy atom. The maximum absolute atomic E-state index is 5.72. The van der Waals surface area contributed by atoms with Crippen molar-refractivity contribution in [3.63, 3.8) is 0 Å². The van der Waals surface area contributed by atoms with E-state index < -0.39 is 9.04 Å². The van der Waals surface area contributed by atoms with Crippen LogP contribution >= 0.6 is 31.9 Å². The average Bonchev–Trinajstić information content (AvgIpc) is 2.12. The molecule has 0 aromatic heterocycles. The molecule has 0 aliphatic heterocycles. The third kappa shape index (κ3) is 5.47. The van der Waals surface area contributed by atoms with E-state index in [-0.39, 0.29) is 6.10 Å². The fourth-order valence-electron chi connectivity index (χ4n) is 1.33. The zero-order valence-electron chi connectivity index (χ0n) is 9.67. The lowest BCUT2D eigenvalue weighted by Crippen LogP contribution is -2.23. The summed E-state index contributed by atoms with van der Waals surface area (Å²) < 4.78 is 13.4. The summed E-state index contributed by atoms with van der Waals surface area (Å²) in [4.78, 5) is 0. The van der Waals surface area contributed by atoms with Gasteiger partial charge in [-0.25, -0.2) is 0 Å². The highest BCUT2D eigenvalue weighted by atomic mass is 79.9. The molecule has 0 fully saturated rings. The Balaban J connectivity index is 2.48. The third-order valence-corrected chi connectivity index (χ3v) is 3.75. The largest absolute Gasteiger partial charge is 0.491 e. The van der Waals surface area contributed by atoms with Gasteiger partial charge < -0.3 is 9.16 Å². The first kappa shape index (κ1) is 14.2. The van der Waals surface area contributed by atoms with E-state index in [9.17, 15) is 0 Å². The van der Waals surface area contributed by atoms with Gasteiger partial charge in [0.25, 0.3) is 0 Å². The van der Waals surface area contributed by atoms with E-state index in [1.54, 1.807) is 0 Å². The first-order chi connectivity index (χ1) is 7.47. The molecule has 0 bridgehead atoms. The third-order valence-electron chi connectivity index (χ3n) is 1.83. The summed E-state index contributed by atoms with van der Waals surface area (Å²) in [5.74, 6) is 0.849. The Kier molecular flexibility index (Phi) is 6.03. The van der Waals surface area contributed by atoms with Crippen molar-refractivity contribution < 1.29 is 9.16 Å². The Morgan fingerprint density at radius 1 is 1.19 bits per heavy atom. The Hall–Kier alpha value is 0.157. The van der Waals surface area contributed by atoms with Crippen LogP contribution in [0, 0.1) is 0 Å². The topological polar surface area (TPSA) is 18.5 Å². The van der Waals surface area contributed by atoms with Gasteiger partial charge in [-0.3, -0.25) is 0 Å². The Bertz CT molecular complexity index is 325. The molecule has 0 unspecified atom stereocenters. The van der Waals surface area contributed by atoms with Crippen LogP contribution in [0.5, 0.6) is 5.75 Å². The maximum atomic E-state index is 5.72. The number of hydrogen-bond acceptors (Lipinski definition) is 2. The van der Waals surface area contributed by atoms with Crippen LogP contribution in [-0.4, -0.2) is 21.8 Å². The molecular weight excluding hydrogens is 352 g/mol. The molecule has 0 aliphatic rings. The highest BCUT2D eigenvalue weighted by molar-refractivity contribution is 9.11. The average molecular weight is 368 g/mol. The lowest BCUT2D eigenvalue weighted by molar-refractivity contribution is 0.144. The zero-order valence-corrected chi connectivity index (χ0v) is 14.0. The molecule has 0 heterocycles. The second-order valence-electron chi connectivity index (χ2n) is 3.91. The molecule has 1 atom stereocenters. The molecule has 1 aromatic carbocycles. The lowest BCUT2D eigenvalue weighted by atomic mass is 10.3. The fourth-order valence-corrected chi connectivity index (χ4v) is 3.59. The van der Waals surface area contributed by atoms with Crippen molar-refractivity contribution in [3.05, 3.63) is 27.1 Å². The molecule has 2 nitrogen and oxygen atoms in total. The van der Waals surface area contributed by atoms with Crippen molar-refractivity contribution in [2.45, 2.75) is 26.1 Å². The number of halogens is 2. The van der Waals surface area contributed by atoms with Crippen LogP contribution in [0.25, 0.3) is 0 Å². The summed E-state index contributed by atoms with van der Waals surface area (Å²) in [5.41, 5.74) is 0. The van der Waals surface area contributed by atoms with E-state index in [0.717, 1.165) is 14.7 Å². The van der Waals surface area contributed by atoms with Gasteiger partial charge in [-0.15, -0.1) is 0 Å². The predicted octanol–water partition coefficient (Wildman–Crippen LogP) is 3.98. The second kappa shape index (κ2) is 6.79. The highest BCUT2D eigenvalue weighted by Crippen LogP contribution is 2.25. The molecule has 1 aromatic rings. The van der Waals surface area contributed by atoms with Gasteiger partial charge in [0.15, 0.2) is 9.04 Å². The molecule has 0 amide bonds. The van der Waals surface area contributed by atoms with E-state index in [1.807, 2.05) is 25.1 Å². The van der Waals surface area contributed by atoms with E-state index in [4.69, 9.17) is 9.16 Å². The first-order valence-corrected chi connectivity index (χ1v) is 9.58. The molecule has 0 radical (unpaired) electrons. The minimum absolute atomic E-state index is 0.157. The van der Waals surface area contributed by atoms with Gasteiger partial charge in [0.1, 0.15) is 12.4 Å². The molecule has 0 saturated heterocycles. The van der Waals surface area contributed by atoms with Crippen molar-refractivity contribution in [1.82, 2.24) is 0 Å². The Labute approximate surface area is 115 Å². The van der Waals surface area contributed by atoms with Crippen LogP contribution in [0.4, 0.5) is 0 Å². The van der Waals surface area contributed by atoms with Crippen molar-refractivity contribution in [1.29, 1.82) is 0 Å². The minimum atomic E-state index is -0.972. The van der Waals surface area contributed by atoms with Crippen LogP contribution in [0.2, 0.25) is 13.1 Å². The van der Waals surface area contributed by atoms with E-state index >= 15 is 0 Å². The molecule has 0 saturated carbocycles. The summed E-state index contributed by atoms with van der Waals surface area (Å²) in [6.45, 7) is 6.95. The molecule has 16 heavy (non-hydrogen) atoms. The summed E-state index contributed by atoms with van der Waals surface area (Å²) in [5, 5.41) is 0. The zero-order chi connectivity index (χ0) is 12.1. The van der Waals surface area contributed by atoms with Crippen LogP contribution in [0.3, 0.4) is 0 Å². The van der Waals surface area contributed by atoms with Crippen LogP contribution in [-0.2, 0) is 4.43 Å². The van der Waals surface area contributed by atoms with Crippen molar-refractivity contribution in [3.8, 4) is 5.75 Å². The van der Waals surface area contributed by atoms with Gasteiger partial charge >= 0.3 is 0 Å². The summed E-state index contributed by atoms with van der Waals surface area (Å²) in [6.07, 6.45) is 0.157. The maximum Gasteiger partial charge on any atom is 0.171 e. The van der Waals surface area contributed by atoms with Crippen molar-refractivity contribution >= 4 is 40.9 Å². The van der Waals surface area contributed by atoms with E-state index in [2.05, 4.69) is 45.0 Å². The van der Waals surface area contributed by atoms with Crippen LogP contribution in [0.15, 0.2) is 27.1 Å². The molecule has 0 aliphatic carbocycles. The second-order valence-corrected chi connectivity index (χ2v) is 8.11. The van der Waals surface area contributed by atoms with Gasteiger partial charge in [-0.1, -0.05) is 31.9 Å². The lowest BCUT2D eigenvalue weighted by Gasteiger charge is -2.16. The summed E-state index contributed by atoms with van der Waals surface area (Å²) in [6, 6.07) is 5.88. The van der Waals surface area contributed by atoms with Crippen LogP contribution in [0.1, 0.15) is 6.92 Å². The molecule has 5 heteroatoms. The molecule has 0 spiro atoms. The summed E-state index contributed by atoms with van der Waals surface area (Å²) >= 11 is 6.85. The highest BCUT2D eigenvalue weighted by Gasteiger charge is 2.07. The monoisotopic (exact) mass is 366 g/mol. The van der Waals surface area contributed by atoms with Gasteiger partial charge in [0, 0.05) is 8.95 Å². The van der Waals surface area contributed by atoms with Crippen LogP contribution < -0.4 is 4.74 Å². The Morgan fingerprint density at radius 3 is 2.25 bits per heavy atom. The van der Waals surface area contributed by atoms with Gasteiger partial charge in [0.05, 0.1) is 6.10 Å². The quantitative estimate of drug-likeness (QED) is 0.733. The van der Waals surface area contributed by atoms with E-state index in [0.29, 0.717) is 6.61 Å². The molecule has 90 valence electrons. The standard InChI is InChI=1S/C11H16Br2O2Si/c1-8(15-16(2)3)7-14-11-5-9(12)4-10(13)6-11/h4-6,8,16H,7H2,1-3H3/t8-/m0/s1. The molecule has 1 rings (SSSR count). The number of rotatable bonds is 5. The van der Waals surface area contributed by atoms with Gasteiger partial charge in [-0.2, -0.15) is 0 Å². The predicted molar refractivity (Wildman–Crippen MR) is 76.8 cm³/mol.